The van der Waals surface area contributed by atoms with Gasteiger partial charge in [-0.2, -0.15) is 0 Å². The summed E-state index contributed by atoms with van der Waals surface area (Å²) >= 11 is 2.22. The highest BCUT2D eigenvalue weighted by atomic mass is 127. The third kappa shape index (κ3) is 2.17. The summed E-state index contributed by atoms with van der Waals surface area (Å²) in [5.41, 5.74) is 4.29. The zero-order valence-corrected chi connectivity index (χ0v) is 10.9. The van der Waals surface area contributed by atoms with E-state index in [9.17, 15) is 0 Å². The van der Waals surface area contributed by atoms with Gasteiger partial charge in [-0.25, -0.2) is 4.98 Å². The van der Waals surface area contributed by atoms with E-state index in [4.69, 9.17) is 0 Å². The SMILES string of the molecule is CCN1C=CC(n2cc(I)nc2C)=CN1. The Morgan fingerprint density at radius 3 is 2.80 bits per heavy atom. The predicted molar refractivity (Wildman–Crippen MR) is 68.6 cm³/mol. The lowest BCUT2D eigenvalue weighted by molar-refractivity contribution is 0.330. The van der Waals surface area contributed by atoms with Gasteiger partial charge in [-0.05, 0) is 42.5 Å². The van der Waals surface area contributed by atoms with Crippen LogP contribution in [0.5, 0.6) is 0 Å². The summed E-state index contributed by atoms with van der Waals surface area (Å²) in [6.07, 6.45) is 8.11. The van der Waals surface area contributed by atoms with E-state index in [1.54, 1.807) is 0 Å². The second-order valence-corrected chi connectivity index (χ2v) is 4.39. The van der Waals surface area contributed by atoms with Crippen LogP contribution in [0.3, 0.4) is 0 Å². The van der Waals surface area contributed by atoms with Crippen LogP contribution in [0.25, 0.3) is 5.70 Å². The topological polar surface area (TPSA) is 33.1 Å². The van der Waals surface area contributed by atoms with E-state index in [1.807, 2.05) is 30.5 Å². The van der Waals surface area contributed by atoms with Gasteiger partial charge in [0.05, 0.1) is 5.70 Å². The van der Waals surface area contributed by atoms with Crippen molar-refractivity contribution in [2.75, 3.05) is 6.54 Å². The summed E-state index contributed by atoms with van der Waals surface area (Å²) in [5, 5.41) is 2.01. The first kappa shape index (κ1) is 10.5. The number of halogens is 1. The molecule has 0 radical (unpaired) electrons. The number of hydrogen-bond donors (Lipinski definition) is 1. The minimum Gasteiger partial charge on any atom is -0.304 e. The summed E-state index contributed by atoms with van der Waals surface area (Å²) < 4.78 is 3.08. The van der Waals surface area contributed by atoms with Gasteiger partial charge in [-0.1, -0.05) is 0 Å². The first-order valence-electron chi connectivity index (χ1n) is 4.83. The van der Waals surface area contributed by atoms with Crippen molar-refractivity contribution in [2.45, 2.75) is 13.8 Å². The molecule has 0 saturated carbocycles. The summed E-state index contributed by atoms with van der Waals surface area (Å²) in [4.78, 5) is 4.36. The highest BCUT2D eigenvalue weighted by Crippen LogP contribution is 2.14. The monoisotopic (exact) mass is 316 g/mol. The number of aromatic nitrogens is 2. The van der Waals surface area contributed by atoms with E-state index >= 15 is 0 Å². The number of nitrogens with one attached hydrogen (secondary N) is 1. The van der Waals surface area contributed by atoms with E-state index in [2.05, 4.69) is 50.6 Å². The average molecular weight is 316 g/mol. The molecule has 80 valence electrons. The molecule has 2 heterocycles. The van der Waals surface area contributed by atoms with Gasteiger partial charge >= 0.3 is 0 Å². The Morgan fingerprint density at radius 1 is 1.53 bits per heavy atom. The molecule has 0 aromatic carbocycles. The third-order valence-electron chi connectivity index (χ3n) is 2.28. The van der Waals surface area contributed by atoms with Crippen LogP contribution in [-0.2, 0) is 0 Å². The first-order chi connectivity index (χ1) is 7.20. The molecule has 0 aliphatic carbocycles. The molecule has 0 fully saturated rings. The zero-order valence-electron chi connectivity index (χ0n) is 8.74. The number of rotatable bonds is 2. The number of hydrazine groups is 1. The number of nitrogens with zero attached hydrogens (tertiary/aromatic N) is 3. The Morgan fingerprint density at radius 2 is 2.33 bits per heavy atom. The smallest absolute Gasteiger partial charge is 0.120 e. The van der Waals surface area contributed by atoms with Gasteiger partial charge in [0.25, 0.3) is 0 Å². The van der Waals surface area contributed by atoms with E-state index < -0.39 is 0 Å². The maximum absolute atomic E-state index is 4.36. The fourth-order valence-corrected chi connectivity index (χ4v) is 2.08. The van der Waals surface area contributed by atoms with Crippen LogP contribution in [0.4, 0.5) is 0 Å². The molecular formula is C10H13IN4. The summed E-state index contributed by atoms with van der Waals surface area (Å²) in [7, 11) is 0. The molecule has 1 aromatic rings. The molecule has 1 aromatic heterocycles. The van der Waals surface area contributed by atoms with Crippen molar-refractivity contribution in [1.82, 2.24) is 20.0 Å². The Bertz CT molecular complexity index is 419. The van der Waals surface area contributed by atoms with Crippen molar-refractivity contribution in [3.8, 4) is 0 Å². The van der Waals surface area contributed by atoms with Gasteiger partial charge in [0.2, 0.25) is 0 Å². The van der Waals surface area contributed by atoms with Gasteiger partial charge in [-0.15, -0.1) is 0 Å². The zero-order chi connectivity index (χ0) is 10.8. The van der Waals surface area contributed by atoms with Crippen LogP contribution in [0.1, 0.15) is 12.7 Å². The molecule has 0 atom stereocenters. The highest BCUT2D eigenvalue weighted by Gasteiger charge is 2.07. The summed E-state index contributed by atoms with van der Waals surface area (Å²) in [6.45, 7) is 5.05. The summed E-state index contributed by atoms with van der Waals surface area (Å²) in [5.74, 6) is 1.00. The molecule has 1 aliphatic heterocycles. The first-order valence-corrected chi connectivity index (χ1v) is 5.91. The number of aryl methyl sites for hydroxylation is 1. The molecule has 1 aliphatic rings. The van der Waals surface area contributed by atoms with Crippen molar-refractivity contribution in [1.29, 1.82) is 0 Å². The van der Waals surface area contributed by atoms with Crippen LogP contribution in [0, 0.1) is 10.6 Å². The number of allylic oxidation sites excluding steroid dienone is 2. The van der Waals surface area contributed by atoms with Crippen LogP contribution in [0.15, 0.2) is 24.7 Å². The second-order valence-electron chi connectivity index (χ2n) is 3.28. The number of hydrogen-bond acceptors (Lipinski definition) is 3. The van der Waals surface area contributed by atoms with E-state index in [-0.39, 0.29) is 0 Å². The van der Waals surface area contributed by atoms with E-state index in [0.29, 0.717) is 0 Å². The molecule has 4 nitrogen and oxygen atoms in total. The normalized spacial score (nSPS) is 15.1. The van der Waals surface area contributed by atoms with Crippen LogP contribution in [-0.4, -0.2) is 21.1 Å². The minimum absolute atomic E-state index is 0.945. The van der Waals surface area contributed by atoms with Crippen LogP contribution < -0.4 is 5.43 Å². The molecule has 0 spiro atoms. The van der Waals surface area contributed by atoms with Crippen molar-refractivity contribution in [2.24, 2.45) is 0 Å². The molecule has 0 saturated heterocycles. The van der Waals surface area contributed by atoms with Gasteiger partial charge in [0.1, 0.15) is 9.53 Å². The summed E-state index contributed by atoms with van der Waals surface area (Å²) in [6, 6.07) is 0. The third-order valence-corrected chi connectivity index (χ3v) is 2.79. The maximum atomic E-state index is 4.36. The standard InChI is InChI=1S/C10H13IN4/c1-3-14-5-4-9(6-12-14)15-7-10(11)13-8(15)2/h4-7,12H,3H2,1-2H3. The van der Waals surface area contributed by atoms with Crippen molar-refractivity contribution >= 4 is 28.3 Å². The molecule has 1 N–H and O–H groups in total. The van der Waals surface area contributed by atoms with Crippen LogP contribution >= 0.6 is 22.6 Å². The minimum atomic E-state index is 0.945. The van der Waals surface area contributed by atoms with E-state index in [0.717, 1.165) is 21.8 Å². The van der Waals surface area contributed by atoms with Gasteiger partial charge in [0.15, 0.2) is 0 Å². The van der Waals surface area contributed by atoms with Crippen molar-refractivity contribution in [3.05, 3.63) is 34.2 Å². The molecule has 0 bridgehead atoms. The fraction of sp³-hybridized carbons (Fsp3) is 0.300. The van der Waals surface area contributed by atoms with Gasteiger partial charge in [0, 0.05) is 25.1 Å². The molecule has 0 unspecified atom stereocenters. The van der Waals surface area contributed by atoms with Crippen molar-refractivity contribution < 1.29 is 0 Å². The average Bonchev–Trinajstić information content (AvgIpc) is 2.58. The van der Waals surface area contributed by atoms with Crippen LogP contribution in [0.2, 0.25) is 0 Å². The molecule has 2 rings (SSSR count). The Kier molecular flexibility index (Phi) is 2.99. The Labute approximate surface area is 103 Å². The molecule has 5 heteroatoms. The van der Waals surface area contributed by atoms with E-state index in [1.165, 1.54) is 0 Å². The highest BCUT2D eigenvalue weighted by molar-refractivity contribution is 14.1. The quantitative estimate of drug-likeness (QED) is 0.847. The second kappa shape index (κ2) is 4.26. The number of imidazole rings is 1. The lowest BCUT2D eigenvalue weighted by atomic mass is 10.4. The van der Waals surface area contributed by atoms with Gasteiger partial charge in [-0.3, -0.25) is 5.01 Å². The van der Waals surface area contributed by atoms with Gasteiger partial charge < -0.3 is 9.99 Å². The largest absolute Gasteiger partial charge is 0.304 e. The Hall–Kier alpha value is -0.980. The lowest BCUT2D eigenvalue weighted by Gasteiger charge is -2.22. The maximum Gasteiger partial charge on any atom is 0.120 e. The molecular weight excluding hydrogens is 303 g/mol. The molecule has 0 amide bonds. The van der Waals surface area contributed by atoms with Crippen molar-refractivity contribution in [3.63, 3.8) is 0 Å². The predicted octanol–water partition coefficient (Wildman–Crippen LogP) is 1.95. The Balaban J connectivity index is 2.24. The lowest BCUT2D eigenvalue weighted by Crippen LogP contribution is -2.31. The molecule has 15 heavy (non-hydrogen) atoms. The fourth-order valence-electron chi connectivity index (χ4n) is 1.45.